The molecule has 1 N–H and O–H groups in total. The number of fused-ring (bicyclic) bond motifs is 1. The van der Waals surface area contributed by atoms with Gasteiger partial charge in [-0.25, -0.2) is 4.98 Å². The summed E-state index contributed by atoms with van der Waals surface area (Å²) in [6.45, 7) is 11.7. The Labute approximate surface area is 109 Å². The van der Waals surface area contributed by atoms with Gasteiger partial charge >= 0.3 is 0 Å². The van der Waals surface area contributed by atoms with Gasteiger partial charge in [0.25, 0.3) is 0 Å². The number of hydrogen-bond donors (Lipinski definition) is 1. The van der Waals surface area contributed by atoms with E-state index in [0.29, 0.717) is 12.0 Å². The molecule has 2 heterocycles. The first-order valence-electron chi connectivity index (χ1n) is 6.70. The van der Waals surface area contributed by atoms with Crippen LogP contribution in [0.5, 0.6) is 0 Å². The third kappa shape index (κ3) is 2.41. The van der Waals surface area contributed by atoms with E-state index in [1.165, 1.54) is 11.1 Å². The molecule has 0 aliphatic rings. The average molecular weight is 245 g/mol. The molecule has 0 atom stereocenters. The maximum absolute atomic E-state index is 4.82. The fraction of sp³-hybridized carbons (Fsp3) is 0.533. The molecule has 0 amide bonds. The van der Waals surface area contributed by atoms with Gasteiger partial charge in [0.15, 0.2) is 0 Å². The molecule has 0 aliphatic heterocycles. The normalized spacial score (nSPS) is 11.9. The van der Waals surface area contributed by atoms with E-state index in [-0.39, 0.29) is 0 Å². The molecule has 2 aromatic rings. The van der Waals surface area contributed by atoms with Crippen molar-refractivity contribution in [1.82, 2.24) is 14.7 Å². The lowest BCUT2D eigenvalue weighted by molar-refractivity contribution is 0.583. The van der Waals surface area contributed by atoms with Gasteiger partial charge in [0, 0.05) is 24.7 Å². The van der Waals surface area contributed by atoms with E-state index < -0.39 is 0 Å². The second-order valence-electron chi connectivity index (χ2n) is 5.52. The number of nitrogens with zero attached hydrogens (tertiary/aromatic N) is 2. The zero-order valence-corrected chi connectivity index (χ0v) is 12.0. The first kappa shape index (κ1) is 13.1. The van der Waals surface area contributed by atoms with Crippen LogP contribution in [0, 0.1) is 6.92 Å². The third-order valence-corrected chi connectivity index (χ3v) is 3.16. The molecule has 18 heavy (non-hydrogen) atoms. The van der Waals surface area contributed by atoms with Gasteiger partial charge in [-0.15, -0.1) is 0 Å². The van der Waals surface area contributed by atoms with Gasteiger partial charge < -0.3 is 9.72 Å². The van der Waals surface area contributed by atoms with Crippen LogP contribution in [0.1, 0.15) is 50.7 Å². The van der Waals surface area contributed by atoms with Crippen molar-refractivity contribution in [1.29, 1.82) is 0 Å². The van der Waals surface area contributed by atoms with Crippen molar-refractivity contribution in [3.05, 3.63) is 35.4 Å². The van der Waals surface area contributed by atoms with Crippen LogP contribution in [0.3, 0.4) is 0 Å². The summed E-state index contributed by atoms with van der Waals surface area (Å²) in [4.78, 5) is 4.82. The Morgan fingerprint density at radius 2 is 2.00 bits per heavy atom. The summed E-state index contributed by atoms with van der Waals surface area (Å²) < 4.78 is 2.23. The van der Waals surface area contributed by atoms with E-state index in [1.807, 2.05) is 0 Å². The van der Waals surface area contributed by atoms with Crippen molar-refractivity contribution in [3.8, 4) is 0 Å². The van der Waals surface area contributed by atoms with E-state index in [4.69, 9.17) is 4.98 Å². The highest BCUT2D eigenvalue weighted by Crippen LogP contribution is 2.22. The Morgan fingerprint density at radius 1 is 1.28 bits per heavy atom. The number of hydrogen-bond acceptors (Lipinski definition) is 2. The number of pyridine rings is 1. The van der Waals surface area contributed by atoms with E-state index in [0.717, 1.165) is 18.1 Å². The predicted octanol–water partition coefficient (Wildman–Crippen LogP) is 3.26. The fourth-order valence-corrected chi connectivity index (χ4v) is 2.25. The zero-order chi connectivity index (χ0) is 13.3. The Bertz CT molecular complexity index is 538. The Morgan fingerprint density at radius 3 is 2.61 bits per heavy atom. The molecule has 0 saturated carbocycles. The smallest absolute Gasteiger partial charge is 0.116 e. The predicted molar refractivity (Wildman–Crippen MR) is 76.0 cm³/mol. The molecule has 0 saturated heterocycles. The lowest BCUT2D eigenvalue weighted by Gasteiger charge is -2.07. The second kappa shape index (κ2) is 5.11. The van der Waals surface area contributed by atoms with Crippen molar-refractivity contribution >= 4 is 5.52 Å². The van der Waals surface area contributed by atoms with Gasteiger partial charge in [0.2, 0.25) is 0 Å². The largest absolute Gasteiger partial charge is 0.309 e. The summed E-state index contributed by atoms with van der Waals surface area (Å²) in [5.74, 6) is 1.58. The highest BCUT2D eigenvalue weighted by Gasteiger charge is 2.14. The molecular formula is C15H23N3. The molecule has 3 nitrogen and oxygen atoms in total. The standard InChI is InChI=1S/C15H23N3/c1-10(2)15-17-13(9-16-11(3)4)14-12(5)7-6-8-18(14)15/h6-8,10-11,16H,9H2,1-5H3. The van der Waals surface area contributed by atoms with E-state index in [1.54, 1.807) is 0 Å². The van der Waals surface area contributed by atoms with Gasteiger partial charge in [0.05, 0.1) is 11.2 Å². The lowest BCUT2D eigenvalue weighted by Crippen LogP contribution is -2.22. The maximum Gasteiger partial charge on any atom is 0.116 e. The molecule has 2 aromatic heterocycles. The quantitative estimate of drug-likeness (QED) is 0.896. The van der Waals surface area contributed by atoms with E-state index >= 15 is 0 Å². The van der Waals surface area contributed by atoms with E-state index in [2.05, 4.69) is 62.7 Å². The zero-order valence-electron chi connectivity index (χ0n) is 12.0. The highest BCUT2D eigenvalue weighted by molar-refractivity contribution is 5.59. The van der Waals surface area contributed by atoms with Crippen LogP contribution in [0.4, 0.5) is 0 Å². The number of nitrogens with one attached hydrogen (secondary N) is 1. The molecule has 0 radical (unpaired) electrons. The molecule has 3 heteroatoms. The topological polar surface area (TPSA) is 29.3 Å². The van der Waals surface area contributed by atoms with Crippen molar-refractivity contribution in [2.24, 2.45) is 0 Å². The Hall–Kier alpha value is -1.35. The summed E-state index contributed by atoms with van der Waals surface area (Å²) in [6, 6.07) is 4.73. The van der Waals surface area contributed by atoms with Crippen LogP contribution in [0.15, 0.2) is 18.3 Å². The molecule has 98 valence electrons. The number of aryl methyl sites for hydroxylation is 1. The second-order valence-corrected chi connectivity index (χ2v) is 5.52. The van der Waals surface area contributed by atoms with Gasteiger partial charge in [-0.1, -0.05) is 33.8 Å². The summed E-state index contributed by atoms with van der Waals surface area (Å²) in [6.07, 6.45) is 2.11. The van der Waals surface area contributed by atoms with Crippen LogP contribution in [0.25, 0.3) is 5.52 Å². The minimum absolute atomic E-state index is 0.437. The summed E-state index contributed by atoms with van der Waals surface area (Å²) >= 11 is 0. The van der Waals surface area contributed by atoms with Gasteiger partial charge in [0.1, 0.15) is 5.82 Å². The molecular weight excluding hydrogens is 222 g/mol. The molecule has 0 spiro atoms. The third-order valence-electron chi connectivity index (χ3n) is 3.16. The van der Waals surface area contributed by atoms with Crippen LogP contribution < -0.4 is 5.32 Å². The summed E-state index contributed by atoms with van der Waals surface area (Å²) in [5.41, 5.74) is 3.71. The van der Waals surface area contributed by atoms with Gasteiger partial charge in [-0.2, -0.15) is 0 Å². The molecule has 0 aromatic carbocycles. The molecule has 0 bridgehead atoms. The number of aromatic nitrogens is 2. The SMILES string of the molecule is Cc1cccn2c(C(C)C)nc(CNC(C)C)c12. The van der Waals surface area contributed by atoms with Gasteiger partial charge in [-0.3, -0.25) is 0 Å². The average Bonchev–Trinajstić information content (AvgIpc) is 2.67. The minimum atomic E-state index is 0.437. The van der Waals surface area contributed by atoms with Crippen LogP contribution >= 0.6 is 0 Å². The number of rotatable bonds is 4. The fourth-order valence-electron chi connectivity index (χ4n) is 2.25. The molecule has 0 fully saturated rings. The Kier molecular flexibility index (Phi) is 3.71. The minimum Gasteiger partial charge on any atom is -0.309 e. The van der Waals surface area contributed by atoms with Gasteiger partial charge in [-0.05, 0) is 18.6 Å². The van der Waals surface area contributed by atoms with E-state index in [9.17, 15) is 0 Å². The Balaban J connectivity index is 2.52. The lowest BCUT2D eigenvalue weighted by atomic mass is 10.2. The first-order chi connectivity index (χ1) is 8.50. The van der Waals surface area contributed by atoms with Crippen LogP contribution in [-0.2, 0) is 6.54 Å². The van der Waals surface area contributed by atoms with Crippen molar-refractivity contribution in [3.63, 3.8) is 0 Å². The van der Waals surface area contributed by atoms with Crippen LogP contribution in [-0.4, -0.2) is 15.4 Å². The van der Waals surface area contributed by atoms with Crippen molar-refractivity contribution in [2.75, 3.05) is 0 Å². The molecule has 2 rings (SSSR count). The maximum atomic E-state index is 4.82. The molecule has 0 aliphatic carbocycles. The highest BCUT2D eigenvalue weighted by atomic mass is 15.0. The summed E-state index contributed by atoms with van der Waals surface area (Å²) in [7, 11) is 0. The monoisotopic (exact) mass is 245 g/mol. The summed E-state index contributed by atoms with van der Waals surface area (Å²) in [5, 5.41) is 3.46. The van der Waals surface area contributed by atoms with Crippen molar-refractivity contribution < 1.29 is 0 Å². The van der Waals surface area contributed by atoms with Crippen molar-refractivity contribution in [2.45, 2.75) is 53.1 Å². The van der Waals surface area contributed by atoms with Crippen LogP contribution in [0.2, 0.25) is 0 Å². The number of imidazole rings is 1. The molecule has 0 unspecified atom stereocenters. The first-order valence-corrected chi connectivity index (χ1v) is 6.70.